The minimum atomic E-state index is 0.424. The Morgan fingerprint density at radius 3 is 2.53 bits per heavy atom. The lowest BCUT2D eigenvalue weighted by Gasteiger charge is -2.03. The Kier molecular flexibility index (Phi) is 5.10. The van der Waals surface area contributed by atoms with Crippen molar-refractivity contribution < 1.29 is 4.42 Å². The summed E-state index contributed by atoms with van der Waals surface area (Å²) in [5, 5.41) is 11.4. The van der Waals surface area contributed by atoms with Gasteiger partial charge in [0.2, 0.25) is 11.8 Å². The van der Waals surface area contributed by atoms with E-state index in [0.717, 1.165) is 25.2 Å². The fourth-order valence-electron chi connectivity index (χ4n) is 1.84. The zero-order valence-electron chi connectivity index (χ0n) is 11.6. The largest absolute Gasteiger partial charge is 0.424 e. The van der Waals surface area contributed by atoms with Crippen molar-refractivity contribution in [3.8, 4) is 0 Å². The van der Waals surface area contributed by atoms with Crippen LogP contribution in [0.25, 0.3) is 0 Å². The van der Waals surface area contributed by atoms with E-state index in [2.05, 4.69) is 53.6 Å². The van der Waals surface area contributed by atoms with Crippen LogP contribution >= 0.6 is 0 Å². The van der Waals surface area contributed by atoms with Gasteiger partial charge in [0.1, 0.15) is 0 Å². The van der Waals surface area contributed by atoms with Crippen molar-refractivity contribution in [1.82, 2.24) is 15.5 Å². The van der Waals surface area contributed by atoms with E-state index in [9.17, 15) is 0 Å². The summed E-state index contributed by atoms with van der Waals surface area (Å²) in [5.41, 5.74) is 1.35. The summed E-state index contributed by atoms with van der Waals surface area (Å²) in [6.45, 7) is 4.83. The van der Waals surface area contributed by atoms with Crippen LogP contribution in [-0.2, 0) is 19.4 Å². The van der Waals surface area contributed by atoms with Gasteiger partial charge in [-0.15, -0.1) is 10.2 Å². The zero-order valence-corrected chi connectivity index (χ0v) is 11.6. The highest BCUT2D eigenvalue weighted by atomic mass is 16.4. The minimum absolute atomic E-state index is 0.424. The summed E-state index contributed by atoms with van der Waals surface area (Å²) in [6, 6.07) is 10.9. The van der Waals surface area contributed by atoms with Gasteiger partial charge in [0, 0.05) is 12.5 Å². The van der Waals surface area contributed by atoms with E-state index >= 15 is 0 Å². The van der Waals surface area contributed by atoms with Crippen LogP contribution in [0.3, 0.4) is 0 Å². The molecular weight excluding hydrogens is 238 g/mol. The van der Waals surface area contributed by atoms with Crippen LogP contribution in [0.4, 0.5) is 0 Å². The molecule has 1 heterocycles. The third-order valence-corrected chi connectivity index (χ3v) is 2.87. The molecule has 1 N–H and O–H groups in total. The first-order valence-corrected chi connectivity index (χ1v) is 6.82. The fraction of sp³-hybridized carbons (Fsp3) is 0.467. The molecule has 4 nitrogen and oxygen atoms in total. The topological polar surface area (TPSA) is 51.0 Å². The highest BCUT2D eigenvalue weighted by Crippen LogP contribution is 2.07. The van der Waals surface area contributed by atoms with Gasteiger partial charge >= 0.3 is 0 Å². The molecule has 0 bridgehead atoms. The van der Waals surface area contributed by atoms with Gasteiger partial charge in [0.25, 0.3) is 0 Å². The van der Waals surface area contributed by atoms with Gasteiger partial charge in [-0.1, -0.05) is 44.2 Å². The third-order valence-electron chi connectivity index (χ3n) is 2.87. The predicted molar refractivity (Wildman–Crippen MR) is 74.7 cm³/mol. The van der Waals surface area contributed by atoms with Crippen LogP contribution in [0.1, 0.15) is 37.6 Å². The van der Waals surface area contributed by atoms with Gasteiger partial charge in [0.05, 0.1) is 6.54 Å². The number of aryl methyl sites for hydroxylation is 2. The lowest BCUT2D eigenvalue weighted by molar-refractivity contribution is 0.418. The van der Waals surface area contributed by atoms with Crippen LogP contribution in [0.2, 0.25) is 0 Å². The van der Waals surface area contributed by atoms with Crippen molar-refractivity contribution in [3.05, 3.63) is 47.7 Å². The van der Waals surface area contributed by atoms with Crippen molar-refractivity contribution in [2.24, 2.45) is 0 Å². The molecule has 4 heteroatoms. The second-order valence-corrected chi connectivity index (χ2v) is 4.96. The maximum atomic E-state index is 5.59. The summed E-state index contributed by atoms with van der Waals surface area (Å²) >= 11 is 0. The summed E-state index contributed by atoms with van der Waals surface area (Å²) in [4.78, 5) is 0. The molecule has 19 heavy (non-hydrogen) atoms. The fourth-order valence-corrected chi connectivity index (χ4v) is 1.84. The normalized spacial score (nSPS) is 11.1. The Balaban J connectivity index is 1.74. The molecule has 0 unspecified atom stereocenters. The molecule has 0 saturated carbocycles. The molecule has 102 valence electrons. The number of hydrogen-bond acceptors (Lipinski definition) is 4. The third kappa shape index (κ3) is 4.83. The summed E-state index contributed by atoms with van der Waals surface area (Å²) < 4.78 is 5.59. The quantitative estimate of drug-likeness (QED) is 0.830. The first-order chi connectivity index (χ1) is 9.24. The highest BCUT2D eigenvalue weighted by Gasteiger charge is 2.06. The van der Waals surface area contributed by atoms with E-state index in [1.807, 2.05) is 6.07 Å². The van der Waals surface area contributed by atoms with Crippen LogP contribution in [-0.4, -0.2) is 16.2 Å². The molecule has 2 rings (SSSR count). The van der Waals surface area contributed by atoms with E-state index in [0.29, 0.717) is 18.5 Å². The molecule has 0 atom stereocenters. The average Bonchev–Trinajstić information content (AvgIpc) is 2.86. The molecular formula is C15H21N3O. The molecule has 0 amide bonds. The molecule has 1 aromatic heterocycles. The van der Waals surface area contributed by atoms with E-state index in [1.165, 1.54) is 5.56 Å². The minimum Gasteiger partial charge on any atom is -0.424 e. The number of nitrogens with zero attached hydrogens (tertiary/aromatic N) is 2. The van der Waals surface area contributed by atoms with Gasteiger partial charge in [-0.25, -0.2) is 0 Å². The molecule has 0 fully saturated rings. The predicted octanol–water partition coefficient (Wildman–Crippen LogP) is 2.74. The summed E-state index contributed by atoms with van der Waals surface area (Å²) in [5.74, 6) is 1.40. The summed E-state index contributed by atoms with van der Waals surface area (Å²) in [6.07, 6.45) is 2.91. The van der Waals surface area contributed by atoms with Gasteiger partial charge in [-0.3, -0.25) is 0 Å². The van der Waals surface area contributed by atoms with Gasteiger partial charge in [-0.2, -0.15) is 0 Å². The first-order valence-electron chi connectivity index (χ1n) is 6.82. The number of benzene rings is 1. The van der Waals surface area contributed by atoms with E-state index in [1.54, 1.807) is 0 Å². The SMILES string of the molecule is CC(C)NCc1nnc(CCCc2ccccc2)o1. The number of nitrogens with one attached hydrogen (secondary N) is 1. The molecule has 0 spiro atoms. The highest BCUT2D eigenvalue weighted by molar-refractivity contribution is 5.14. The Labute approximate surface area is 114 Å². The van der Waals surface area contributed by atoms with E-state index < -0.39 is 0 Å². The Morgan fingerprint density at radius 2 is 1.79 bits per heavy atom. The van der Waals surface area contributed by atoms with Crippen molar-refractivity contribution >= 4 is 0 Å². The Morgan fingerprint density at radius 1 is 1.05 bits per heavy atom. The Hall–Kier alpha value is -1.68. The summed E-state index contributed by atoms with van der Waals surface area (Å²) in [7, 11) is 0. The molecule has 0 aliphatic heterocycles. The standard InChI is InChI=1S/C15H21N3O/c1-12(2)16-11-15-18-17-14(19-15)10-6-9-13-7-4-3-5-8-13/h3-5,7-8,12,16H,6,9-11H2,1-2H3. The number of aromatic nitrogens is 2. The van der Waals surface area contributed by atoms with Gasteiger partial charge < -0.3 is 9.73 Å². The van der Waals surface area contributed by atoms with E-state index in [-0.39, 0.29) is 0 Å². The molecule has 0 saturated heterocycles. The average molecular weight is 259 g/mol. The Bertz CT molecular complexity index is 479. The maximum Gasteiger partial charge on any atom is 0.230 e. The maximum absolute atomic E-state index is 5.59. The van der Waals surface area contributed by atoms with Gasteiger partial charge in [0.15, 0.2) is 0 Å². The number of rotatable bonds is 7. The monoisotopic (exact) mass is 259 g/mol. The first kappa shape index (κ1) is 13.7. The van der Waals surface area contributed by atoms with Crippen molar-refractivity contribution in [1.29, 1.82) is 0 Å². The van der Waals surface area contributed by atoms with Crippen LogP contribution < -0.4 is 5.32 Å². The van der Waals surface area contributed by atoms with Crippen molar-refractivity contribution in [2.75, 3.05) is 0 Å². The van der Waals surface area contributed by atoms with E-state index in [4.69, 9.17) is 4.42 Å². The van der Waals surface area contributed by atoms with Crippen LogP contribution in [0.15, 0.2) is 34.7 Å². The molecule has 2 aromatic rings. The van der Waals surface area contributed by atoms with Crippen LogP contribution in [0, 0.1) is 0 Å². The molecule has 1 aromatic carbocycles. The van der Waals surface area contributed by atoms with Gasteiger partial charge in [-0.05, 0) is 18.4 Å². The molecule has 0 aliphatic rings. The van der Waals surface area contributed by atoms with Crippen molar-refractivity contribution in [3.63, 3.8) is 0 Å². The molecule has 0 aliphatic carbocycles. The second-order valence-electron chi connectivity index (χ2n) is 4.96. The lowest BCUT2D eigenvalue weighted by Crippen LogP contribution is -2.21. The second kappa shape index (κ2) is 7.04. The smallest absolute Gasteiger partial charge is 0.230 e. The zero-order chi connectivity index (χ0) is 13.5. The molecule has 0 radical (unpaired) electrons. The van der Waals surface area contributed by atoms with Crippen molar-refractivity contribution in [2.45, 2.75) is 45.7 Å². The lowest BCUT2D eigenvalue weighted by atomic mass is 10.1. The van der Waals surface area contributed by atoms with Crippen LogP contribution in [0.5, 0.6) is 0 Å². The number of hydrogen-bond donors (Lipinski definition) is 1.